The van der Waals surface area contributed by atoms with E-state index in [1.807, 2.05) is 6.92 Å². The summed E-state index contributed by atoms with van der Waals surface area (Å²) in [5, 5.41) is 9.90. The topological polar surface area (TPSA) is 78.1 Å². The Bertz CT molecular complexity index is 512. The third-order valence-electron chi connectivity index (χ3n) is 3.67. The van der Waals surface area contributed by atoms with Gasteiger partial charge in [-0.3, -0.25) is 5.10 Å². The molecule has 0 amide bonds. The van der Waals surface area contributed by atoms with Crippen LogP contribution in [0.5, 0.6) is 0 Å². The second-order valence-corrected chi connectivity index (χ2v) is 6.81. The minimum atomic E-state index is -3.42. The van der Waals surface area contributed by atoms with Crippen molar-refractivity contribution in [1.29, 1.82) is 0 Å². The summed E-state index contributed by atoms with van der Waals surface area (Å²) < 4.78 is 26.7. The van der Waals surface area contributed by atoms with Crippen molar-refractivity contribution in [2.45, 2.75) is 38.3 Å². The van der Waals surface area contributed by atoms with Gasteiger partial charge in [-0.1, -0.05) is 20.3 Å². The first-order valence-electron chi connectivity index (χ1n) is 6.82. The predicted molar refractivity (Wildman–Crippen MR) is 73.1 cm³/mol. The molecule has 108 valence electrons. The molecule has 0 saturated carbocycles. The monoisotopic (exact) mass is 286 g/mol. The van der Waals surface area contributed by atoms with E-state index in [1.165, 1.54) is 0 Å². The highest BCUT2D eigenvalue weighted by molar-refractivity contribution is 7.89. The lowest BCUT2D eigenvalue weighted by molar-refractivity contribution is 0.449. The van der Waals surface area contributed by atoms with Gasteiger partial charge in [-0.05, 0) is 18.9 Å². The Labute approximate surface area is 114 Å². The summed E-state index contributed by atoms with van der Waals surface area (Å²) in [5.41, 5.74) is 0.710. The van der Waals surface area contributed by atoms with Crippen LogP contribution in [0, 0.1) is 5.92 Å². The second-order valence-electron chi connectivity index (χ2n) is 4.93. The maximum absolute atomic E-state index is 12.6. The van der Waals surface area contributed by atoms with E-state index in [-0.39, 0.29) is 5.03 Å². The van der Waals surface area contributed by atoms with Gasteiger partial charge in [-0.15, -0.1) is 0 Å². The molecule has 0 aliphatic carbocycles. The molecule has 1 aromatic heterocycles. The molecule has 0 spiro atoms. The van der Waals surface area contributed by atoms with Crippen molar-refractivity contribution in [3.05, 3.63) is 11.8 Å². The predicted octanol–water partition coefficient (Wildman–Crippen LogP) is 0.940. The van der Waals surface area contributed by atoms with E-state index in [4.69, 9.17) is 0 Å². The third kappa shape index (κ3) is 2.98. The van der Waals surface area contributed by atoms with Crippen molar-refractivity contribution in [3.63, 3.8) is 0 Å². The van der Waals surface area contributed by atoms with Crippen LogP contribution in [0.1, 0.15) is 32.3 Å². The van der Waals surface area contributed by atoms with E-state index in [0.717, 1.165) is 19.4 Å². The molecule has 0 bridgehead atoms. The van der Waals surface area contributed by atoms with Crippen LogP contribution in [-0.4, -0.2) is 42.6 Å². The summed E-state index contributed by atoms with van der Waals surface area (Å²) in [6.45, 7) is 6.64. The van der Waals surface area contributed by atoms with Gasteiger partial charge in [0.1, 0.15) is 0 Å². The number of nitrogens with zero attached hydrogens (tertiary/aromatic N) is 2. The molecule has 6 nitrogen and oxygen atoms in total. The standard InChI is InChI=1S/C12H22N4O2S/c1-3-10-5-6-16(9-10)19(17,18)12-11(7-13-4-2)8-14-15-12/h8,10,13H,3-7,9H2,1-2H3,(H,14,15). The maximum Gasteiger partial charge on any atom is 0.260 e. The van der Waals surface area contributed by atoms with Crippen LogP contribution in [-0.2, 0) is 16.6 Å². The zero-order chi connectivity index (χ0) is 13.9. The van der Waals surface area contributed by atoms with Crippen molar-refractivity contribution < 1.29 is 8.42 Å². The number of aromatic amines is 1. The van der Waals surface area contributed by atoms with Crippen LogP contribution < -0.4 is 5.32 Å². The first-order valence-corrected chi connectivity index (χ1v) is 8.26. The zero-order valence-electron chi connectivity index (χ0n) is 11.5. The van der Waals surface area contributed by atoms with Crippen LogP contribution in [0.15, 0.2) is 11.2 Å². The molecule has 1 unspecified atom stereocenters. The van der Waals surface area contributed by atoms with Gasteiger partial charge in [0.25, 0.3) is 10.0 Å². The van der Waals surface area contributed by atoms with Crippen molar-refractivity contribution in [1.82, 2.24) is 19.8 Å². The summed E-state index contributed by atoms with van der Waals surface area (Å²) in [7, 11) is -3.42. The molecular weight excluding hydrogens is 264 g/mol. The first-order chi connectivity index (χ1) is 9.09. The lowest BCUT2D eigenvalue weighted by Gasteiger charge is -2.16. The number of hydrogen-bond acceptors (Lipinski definition) is 4. The fourth-order valence-electron chi connectivity index (χ4n) is 2.39. The average Bonchev–Trinajstić information content (AvgIpc) is 3.05. The van der Waals surface area contributed by atoms with E-state index in [2.05, 4.69) is 22.4 Å². The molecule has 2 N–H and O–H groups in total. The Morgan fingerprint density at radius 2 is 2.32 bits per heavy atom. The van der Waals surface area contributed by atoms with E-state index < -0.39 is 10.0 Å². The number of rotatable bonds is 6. The molecule has 19 heavy (non-hydrogen) atoms. The van der Waals surface area contributed by atoms with Crippen LogP contribution in [0.4, 0.5) is 0 Å². The highest BCUT2D eigenvalue weighted by Gasteiger charge is 2.34. The minimum absolute atomic E-state index is 0.241. The number of hydrogen-bond donors (Lipinski definition) is 2. The third-order valence-corrected chi connectivity index (χ3v) is 5.55. The Hall–Kier alpha value is -0.920. The Morgan fingerprint density at radius 1 is 1.53 bits per heavy atom. The second kappa shape index (κ2) is 6.02. The van der Waals surface area contributed by atoms with E-state index in [0.29, 0.717) is 31.1 Å². The molecule has 1 atom stereocenters. The molecular formula is C12H22N4O2S. The smallest absolute Gasteiger partial charge is 0.260 e. The van der Waals surface area contributed by atoms with Crippen molar-refractivity contribution >= 4 is 10.0 Å². The molecule has 1 fully saturated rings. The zero-order valence-corrected chi connectivity index (χ0v) is 12.3. The fourth-order valence-corrected chi connectivity index (χ4v) is 4.02. The SMILES string of the molecule is CCNCc1cn[nH]c1S(=O)(=O)N1CCC(CC)C1. The largest absolute Gasteiger partial charge is 0.313 e. The lowest BCUT2D eigenvalue weighted by atomic mass is 10.1. The van der Waals surface area contributed by atoms with Gasteiger partial charge in [-0.2, -0.15) is 9.40 Å². The summed E-state index contributed by atoms with van der Waals surface area (Å²) >= 11 is 0. The normalized spacial score (nSPS) is 21.1. The van der Waals surface area contributed by atoms with Gasteiger partial charge in [-0.25, -0.2) is 8.42 Å². The summed E-state index contributed by atoms with van der Waals surface area (Å²) in [6.07, 6.45) is 3.56. The Morgan fingerprint density at radius 3 is 2.95 bits per heavy atom. The molecule has 0 radical (unpaired) electrons. The Balaban J connectivity index is 2.18. The van der Waals surface area contributed by atoms with Gasteiger partial charge in [0.05, 0.1) is 6.20 Å². The molecule has 1 aromatic rings. The van der Waals surface area contributed by atoms with Crippen LogP contribution in [0.3, 0.4) is 0 Å². The molecule has 0 aromatic carbocycles. The van der Waals surface area contributed by atoms with E-state index >= 15 is 0 Å². The van der Waals surface area contributed by atoms with Crippen molar-refractivity contribution in [3.8, 4) is 0 Å². The highest BCUT2D eigenvalue weighted by atomic mass is 32.2. The van der Waals surface area contributed by atoms with Gasteiger partial charge in [0, 0.05) is 25.2 Å². The van der Waals surface area contributed by atoms with Gasteiger partial charge in [0.2, 0.25) is 0 Å². The van der Waals surface area contributed by atoms with Gasteiger partial charge >= 0.3 is 0 Å². The molecule has 1 aliphatic heterocycles. The molecule has 1 aliphatic rings. The number of aromatic nitrogens is 2. The molecule has 7 heteroatoms. The van der Waals surface area contributed by atoms with Crippen LogP contribution in [0.2, 0.25) is 0 Å². The Kier molecular flexibility index (Phi) is 4.59. The first kappa shape index (κ1) is 14.5. The van der Waals surface area contributed by atoms with Crippen LogP contribution in [0.25, 0.3) is 0 Å². The van der Waals surface area contributed by atoms with E-state index in [1.54, 1.807) is 10.5 Å². The van der Waals surface area contributed by atoms with Gasteiger partial charge in [0.15, 0.2) is 5.03 Å². The minimum Gasteiger partial charge on any atom is -0.313 e. The number of sulfonamides is 1. The van der Waals surface area contributed by atoms with Crippen molar-refractivity contribution in [2.75, 3.05) is 19.6 Å². The summed E-state index contributed by atoms with van der Waals surface area (Å²) in [5.74, 6) is 0.481. The van der Waals surface area contributed by atoms with E-state index in [9.17, 15) is 8.42 Å². The number of nitrogens with one attached hydrogen (secondary N) is 2. The molecule has 2 rings (SSSR count). The quantitative estimate of drug-likeness (QED) is 0.816. The summed E-state index contributed by atoms with van der Waals surface area (Å²) in [4.78, 5) is 0. The van der Waals surface area contributed by atoms with Gasteiger partial charge < -0.3 is 5.32 Å². The van der Waals surface area contributed by atoms with Crippen molar-refractivity contribution in [2.24, 2.45) is 5.92 Å². The lowest BCUT2D eigenvalue weighted by Crippen LogP contribution is -2.30. The summed E-state index contributed by atoms with van der Waals surface area (Å²) in [6, 6.07) is 0. The molecule has 1 saturated heterocycles. The average molecular weight is 286 g/mol. The fraction of sp³-hybridized carbons (Fsp3) is 0.750. The molecule has 2 heterocycles. The maximum atomic E-state index is 12.6. The number of H-pyrrole nitrogens is 1. The highest BCUT2D eigenvalue weighted by Crippen LogP contribution is 2.26. The van der Waals surface area contributed by atoms with Crippen LogP contribution >= 0.6 is 0 Å².